The Morgan fingerprint density at radius 1 is 1.08 bits per heavy atom. The number of hydrogen-bond donors (Lipinski definition) is 2. The second-order valence-corrected chi connectivity index (χ2v) is 4.85. The minimum absolute atomic E-state index is 0.00421. The molecule has 24 heavy (non-hydrogen) atoms. The van der Waals surface area contributed by atoms with E-state index in [1.807, 2.05) is 0 Å². The number of rotatable bonds is 6. The summed E-state index contributed by atoms with van der Waals surface area (Å²) in [6.07, 6.45) is -1.20. The van der Waals surface area contributed by atoms with Gasteiger partial charge in [0.05, 0.1) is 5.56 Å². The molecule has 2 aromatic rings. The van der Waals surface area contributed by atoms with Crippen molar-refractivity contribution in [2.75, 3.05) is 13.2 Å². The zero-order chi connectivity index (χ0) is 17.7. The van der Waals surface area contributed by atoms with Gasteiger partial charge in [-0.2, -0.15) is 0 Å². The monoisotopic (exact) mass is 343 g/mol. The summed E-state index contributed by atoms with van der Waals surface area (Å²) in [7, 11) is 0. The van der Waals surface area contributed by atoms with Crippen molar-refractivity contribution in [3.63, 3.8) is 0 Å². The van der Waals surface area contributed by atoms with Crippen LogP contribution in [0.3, 0.4) is 0 Å². The molecule has 2 N–H and O–H groups in total. The van der Waals surface area contributed by atoms with Crippen molar-refractivity contribution in [2.45, 2.75) is 6.10 Å². The lowest BCUT2D eigenvalue weighted by Gasteiger charge is -2.13. The molecule has 0 aliphatic rings. The molecule has 0 heterocycles. The second-order valence-electron chi connectivity index (χ2n) is 4.85. The van der Waals surface area contributed by atoms with E-state index in [4.69, 9.17) is 4.74 Å². The zero-order valence-corrected chi connectivity index (χ0v) is 12.2. The SMILES string of the molecule is O=C(NCC(O)COc1ccc(F)c(F)c1)c1cccc(F)c1F. The van der Waals surface area contributed by atoms with Crippen LogP contribution < -0.4 is 10.1 Å². The van der Waals surface area contributed by atoms with Gasteiger partial charge in [-0.1, -0.05) is 6.07 Å². The van der Waals surface area contributed by atoms with E-state index in [2.05, 4.69) is 5.32 Å². The molecule has 1 unspecified atom stereocenters. The third kappa shape index (κ3) is 4.45. The Kier molecular flexibility index (Phi) is 5.75. The molecule has 2 rings (SSSR count). The molecule has 0 aliphatic heterocycles. The van der Waals surface area contributed by atoms with Crippen LogP contribution in [-0.4, -0.2) is 30.3 Å². The summed E-state index contributed by atoms with van der Waals surface area (Å²) in [5.74, 6) is -5.49. The van der Waals surface area contributed by atoms with Crippen LogP contribution >= 0.6 is 0 Å². The highest BCUT2D eigenvalue weighted by atomic mass is 19.2. The molecule has 4 nitrogen and oxygen atoms in total. The van der Waals surface area contributed by atoms with Gasteiger partial charge in [-0.3, -0.25) is 4.79 Å². The number of amides is 1. The molecule has 0 bridgehead atoms. The van der Waals surface area contributed by atoms with Gasteiger partial charge in [0.2, 0.25) is 0 Å². The van der Waals surface area contributed by atoms with Gasteiger partial charge in [0.15, 0.2) is 23.3 Å². The maximum absolute atomic E-state index is 13.4. The fourth-order valence-corrected chi connectivity index (χ4v) is 1.80. The Bertz CT molecular complexity index is 739. The van der Waals surface area contributed by atoms with Crippen molar-refractivity contribution >= 4 is 5.91 Å². The van der Waals surface area contributed by atoms with Crippen molar-refractivity contribution in [1.29, 1.82) is 0 Å². The van der Waals surface area contributed by atoms with Crippen LogP contribution in [0.25, 0.3) is 0 Å². The molecule has 0 saturated carbocycles. The Balaban J connectivity index is 1.84. The summed E-state index contributed by atoms with van der Waals surface area (Å²) in [5, 5.41) is 11.9. The van der Waals surface area contributed by atoms with Crippen LogP contribution in [0.4, 0.5) is 17.6 Å². The maximum atomic E-state index is 13.4. The highest BCUT2D eigenvalue weighted by Gasteiger charge is 2.16. The maximum Gasteiger partial charge on any atom is 0.254 e. The summed E-state index contributed by atoms with van der Waals surface area (Å²) in [5.41, 5.74) is -0.497. The summed E-state index contributed by atoms with van der Waals surface area (Å²) in [6.45, 7) is -0.630. The quantitative estimate of drug-likeness (QED) is 0.792. The van der Waals surface area contributed by atoms with Gasteiger partial charge < -0.3 is 15.2 Å². The Morgan fingerprint density at radius 2 is 1.83 bits per heavy atom. The normalized spacial score (nSPS) is 11.9. The average Bonchev–Trinajstić information content (AvgIpc) is 2.56. The number of halogens is 4. The molecule has 0 aliphatic carbocycles. The highest BCUT2D eigenvalue weighted by molar-refractivity contribution is 5.94. The minimum atomic E-state index is -1.29. The standard InChI is InChI=1S/C16H13F4NO3/c17-12-5-4-10(6-14(12)19)24-8-9(22)7-21-16(23)11-2-1-3-13(18)15(11)20/h1-6,9,22H,7-8H2,(H,21,23). The topological polar surface area (TPSA) is 58.6 Å². The molecule has 0 radical (unpaired) electrons. The van der Waals surface area contributed by atoms with Gasteiger partial charge in [0.25, 0.3) is 5.91 Å². The van der Waals surface area contributed by atoms with Gasteiger partial charge >= 0.3 is 0 Å². The fourth-order valence-electron chi connectivity index (χ4n) is 1.80. The summed E-state index contributed by atoms with van der Waals surface area (Å²) < 4.78 is 57.2. The molecule has 128 valence electrons. The number of ether oxygens (including phenoxy) is 1. The third-order valence-corrected chi connectivity index (χ3v) is 3.03. The van der Waals surface area contributed by atoms with Crippen LogP contribution in [0.5, 0.6) is 5.75 Å². The van der Waals surface area contributed by atoms with Crippen LogP contribution in [-0.2, 0) is 0 Å². The summed E-state index contributed by atoms with van der Waals surface area (Å²) in [4.78, 5) is 11.7. The lowest BCUT2D eigenvalue weighted by atomic mass is 10.2. The van der Waals surface area contributed by atoms with Crippen LogP contribution in [0.2, 0.25) is 0 Å². The van der Waals surface area contributed by atoms with Crippen molar-refractivity contribution in [3.05, 3.63) is 65.2 Å². The van der Waals surface area contributed by atoms with Crippen LogP contribution in [0, 0.1) is 23.3 Å². The first kappa shape index (κ1) is 17.7. The molecule has 0 aromatic heterocycles. The molecular weight excluding hydrogens is 330 g/mol. The largest absolute Gasteiger partial charge is 0.491 e. The van der Waals surface area contributed by atoms with E-state index in [9.17, 15) is 27.5 Å². The number of aliphatic hydroxyl groups is 1. The molecular formula is C16H13F4NO3. The molecule has 1 amide bonds. The molecule has 0 fully saturated rings. The Hall–Kier alpha value is -2.61. The Labute approximate surface area is 134 Å². The number of hydrogen-bond acceptors (Lipinski definition) is 3. The van der Waals surface area contributed by atoms with Crippen LogP contribution in [0.15, 0.2) is 36.4 Å². The van der Waals surface area contributed by atoms with E-state index in [-0.39, 0.29) is 18.9 Å². The number of aliphatic hydroxyl groups excluding tert-OH is 1. The van der Waals surface area contributed by atoms with Gasteiger partial charge in [0.1, 0.15) is 18.5 Å². The van der Waals surface area contributed by atoms with E-state index in [0.29, 0.717) is 0 Å². The number of carbonyl (C=O) groups excluding carboxylic acids is 1. The molecule has 0 saturated heterocycles. The number of nitrogens with one attached hydrogen (secondary N) is 1. The molecule has 1 atom stereocenters. The van der Waals surface area contributed by atoms with Crippen LogP contribution in [0.1, 0.15) is 10.4 Å². The minimum Gasteiger partial charge on any atom is -0.491 e. The first-order chi connectivity index (χ1) is 11.4. The second kappa shape index (κ2) is 7.78. The molecule has 8 heteroatoms. The van der Waals surface area contributed by atoms with Crippen molar-refractivity contribution in [1.82, 2.24) is 5.32 Å². The first-order valence-corrected chi connectivity index (χ1v) is 6.86. The lowest BCUT2D eigenvalue weighted by molar-refractivity contribution is 0.0839. The smallest absolute Gasteiger partial charge is 0.254 e. The number of benzene rings is 2. The van der Waals surface area contributed by atoms with Gasteiger partial charge in [-0.05, 0) is 24.3 Å². The van der Waals surface area contributed by atoms with Gasteiger partial charge in [-0.25, -0.2) is 17.6 Å². The molecule has 0 spiro atoms. The van der Waals surface area contributed by atoms with E-state index in [0.717, 1.165) is 24.3 Å². The predicted octanol–water partition coefficient (Wildman–Crippen LogP) is 2.41. The van der Waals surface area contributed by atoms with E-state index >= 15 is 0 Å². The Morgan fingerprint density at radius 3 is 2.54 bits per heavy atom. The average molecular weight is 343 g/mol. The van der Waals surface area contributed by atoms with E-state index in [1.54, 1.807) is 0 Å². The summed E-state index contributed by atoms with van der Waals surface area (Å²) in [6, 6.07) is 5.99. The predicted molar refractivity (Wildman–Crippen MR) is 76.6 cm³/mol. The third-order valence-electron chi connectivity index (χ3n) is 3.03. The number of carbonyl (C=O) groups is 1. The zero-order valence-electron chi connectivity index (χ0n) is 12.2. The van der Waals surface area contributed by atoms with Crippen molar-refractivity contribution in [3.8, 4) is 5.75 Å². The highest BCUT2D eigenvalue weighted by Crippen LogP contribution is 2.15. The first-order valence-electron chi connectivity index (χ1n) is 6.86. The van der Waals surface area contributed by atoms with Crippen molar-refractivity contribution in [2.24, 2.45) is 0 Å². The molecule has 2 aromatic carbocycles. The summed E-state index contributed by atoms with van der Waals surface area (Å²) >= 11 is 0. The van der Waals surface area contributed by atoms with E-state index < -0.39 is 40.8 Å². The van der Waals surface area contributed by atoms with Gasteiger partial charge in [0, 0.05) is 12.6 Å². The van der Waals surface area contributed by atoms with E-state index in [1.165, 1.54) is 12.1 Å². The van der Waals surface area contributed by atoms with Gasteiger partial charge in [-0.15, -0.1) is 0 Å². The fraction of sp³-hybridized carbons (Fsp3) is 0.188. The lowest BCUT2D eigenvalue weighted by Crippen LogP contribution is -2.35. The van der Waals surface area contributed by atoms with Crippen molar-refractivity contribution < 1.29 is 32.2 Å².